The molecule has 0 radical (unpaired) electrons. The van der Waals surface area contributed by atoms with E-state index < -0.39 is 0 Å². The highest BCUT2D eigenvalue weighted by atomic mass is 35.5. The summed E-state index contributed by atoms with van der Waals surface area (Å²) in [5.41, 5.74) is 2.22. The predicted octanol–water partition coefficient (Wildman–Crippen LogP) is 4.92. The molecule has 2 aromatic carbocycles. The van der Waals surface area contributed by atoms with E-state index in [1.165, 1.54) is 0 Å². The first-order chi connectivity index (χ1) is 13.5. The molecule has 1 aliphatic heterocycles. The first-order valence-electron chi connectivity index (χ1n) is 9.71. The van der Waals surface area contributed by atoms with Crippen LogP contribution in [0.2, 0.25) is 10.0 Å². The minimum atomic E-state index is 0.0766. The smallest absolute Gasteiger partial charge is 0.223 e. The van der Waals surface area contributed by atoms with Gasteiger partial charge in [-0.1, -0.05) is 41.4 Å². The number of amides is 1. The topological polar surface area (TPSA) is 41.6 Å². The summed E-state index contributed by atoms with van der Waals surface area (Å²) in [6.45, 7) is 5.80. The van der Waals surface area contributed by atoms with Gasteiger partial charge in [-0.3, -0.25) is 9.69 Å². The molecule has 0 aliphatic carbocycles. The zero-order valence-corrected chi connectivity index (χ0v) is 17.6. The lowest BCUT2D eigenvalue weighted by Crippen LogP contribution is -2.40. The lowest BCUT2D eigenvalue weighted by Gasteiger charge is -2.31. The average molecular weight is 421 g/mol. The lowest BCUT2D eigenvalue weighted by molar-refractivity contribution is -0.126. The fourth-order valence-electron chi connectivity index (χ4n) is 3.45. The highest BCUT2D eigenvalue weighted by molar-refractivity contribution is 6.42. The Hall–Kier alpha value is -1.75. The number of benzene rings is 2. The Morgan fingerprint density at radius 1 is 1.07 bits per heavy atom. The Bertz CT molecular complexity index is 788. The number of hydrogen-bond donors (Lipinski definition) is 1. The van der Waals surface area contributed by atoms with Crippen LogP contribution in [0.4, 0.5) is 0 Å². The number of hydrogen-bond acceptors (Lipinski definition) is 3. The molecular weight excluding hydrogens is 395 g/mol. The molecule has 4 nitrogen and oxygen atoms in total. The minimum absolute atomic E-state index is 0.0766. The van der Waals surface area contributed by atoms with Gasteiger partial charge in [-0.2, -0.15) is 0 Å². The van der Waals surface area contributed by atoms with Crippen LogP contribution in [0.3, 0.4) is 0 Å². The Labute approximate surface area is 176 Å². The molecule has 0 aromatic heterocycles. The van der Waals surface area contributed by atoms with E-state index in [1.54, 1.807) is 0 Å². The third-order valence-corrected chi connectivity index (χ3v) is 5.79. The maximum Gasteiger partial charge on any atom is 0.223 e. The van der Waals surface area contributed by atoms with Gasteiger partial charge in [-0.25, -0.2) is 0 Å². The molecule has 1 saturated heterocycles. The van der Waals surface area contributed by atoms with E-state index in [1.807, 2.05) is 49.4 Å². The molecule has 0 bridgehead atoms. The Kier molecular flexibility index (Phi) is 7.60. The van der Waals surface area contributed by atoms with Crippen molar-refractivity contribution >= 4 is 29.1 Å². The zero-order valence-electron chi connectivity index (χ0n) is 16.1. The maximum absolute atomic E-state index is 12.5. The van der Waals surface area contributed by atoms with Crippen LogP contribution in [0.5, 0.6) is 5.75 Å². The molecule has 28 heavy (non-hydrogen) atoms. The quantitative estimate of drug-likeness (QED) is 0.690. The van der Waals surface area contributed by atoms with Crippen molar-refractivity contribution in [2.45, 2.75) is 32.9 Å². The summed E-state index contributed by atoms with van der Waals surface area (Å²) < 4.78 is 5.44. The fraction of sp³-hybridized carbons (Fsp3) is 0.409. The number of piperidine rings is 1. The van der Waals surface area contributed by atoms with Crippen molar-refractivity contribution < 1.29 is 9.53 Å². The standard InChI is InChI=1S/C22H26Cl2N2O2/c1-2-28-19-6-3-16(4-7-19)14-25-22(27)18-9-11-26(12-10-18)15-17-5-8-20(23)21(24)13-17/h3-8,13,18H,2,9-12,14-15H2,1H3,(H,25,27). The highest BCUT2D eigenvalue weighted by Crippen LogP contribution is 2.25. The molecule has 6 heteroatoms. The van der Waals surface area contributed by atoms with Gasteiger partial charge < -0.3 is 10.1 Å². The number of rotatable bonds is 7. The lowest BCUT2D eigenvalue weighted by atomic mass is 9.95. The molecule has 2 aromatic rings. The Balaban J connectivity index is 1.42. The Morgan fingerprint density at radius 2 is 1.75 bits per heavy atom. The summed E-state index contributed by atoms with van der Waals surface area (Å²) in [5, 5.41) is 4.23. The van der Waals surface area contributed by atoms with Crippen molar-refractivity contribution in [3.63, 3.8) is 0 Å². The van der Waals surface area contributed by atoms with E-state index in [9.17, 15) is 4.79 Å². The minimum Gasteiger partial charge on any atom is -0.494 e. The second-order valence-electron chi connectivity index (χ2n) is 7.09. The number of nitrogens with one attached hydrogen (secondary N) is 1. The molecule has 1 heterocycles. The van der Waals surface area contributed by atoms with Gasteiger partial charge in [0.05, 0.1) is 16.7 Å². The van der Waals surface area contributed by atoms with Crippen molar-refractivity contribution in [2.24, 2.45) is 5.92 Å². The van der Waals surface area contributed by atoms with Crippen molar-refractivity contribution in [1.29, 1.82) is 0 Å². The van der Waals surface area contributed by atoms with Gasteiger partial charge in [0.1, 0.15) is 5.75 Å². The molecule has 1 fully saturated rings. The maximum atomic E-state index is 12.5. The number of carbonyl (C=O) groups excluding carboxylic acids is 1. The van der Waals surface area contributed by atoms with Gasteiger partial charge >= 0.3 is 0 Å². The van der Waals surface area contributed by atoms with Gasteiger partial charge in [0.15, 0.2) is 0 Å². The van der Waals surface area contributed by atoms with Crippen LogP contribution in [0.1, 0.15) is 30.9 Å². The number of carbonyl (C=O) groups is 1. The largest absolute Gasteiger partial charge is 0.494 e. The molecule has 1 amide bonds. The van der Waals surface area contributed by atoms with Crippen molar-refractivity contribution in [1.82, 2.24) is 10.2 Å². The van der Waals surface area contributed by atoms with E-state index in [0.717, 1.165) is 49.4 Å². The second-order valence-corrected chi connectivity index (χ2v) is 7.91. The average Bonchev–Trinajstić information content (AvgIpc) is 2.71. The zero-order chi connectivity index (χ0) is 19.9. The number of likely N-dealkylation sites (tertiary alicyclic amines) is 1. The number of nitrogens with zero attached hydrogens (tertiary/aromatic N) is 1. The summed E-state index contributed by atoms with van der Waals surface area (Å²) in [5.74, 6) is 1.07. The summed E-state index contributed by atoms with van der Waals surface area (Å²) in [6.07, 6.45) is 1.74. The SMILES string of the molecule is CCOc1ccc(CNC(=O)C2CCN(Cc3ccc(Cl)c(Cl)c3)CC2)cc1. The van der Waals surface area contributed by atoms with Crippen molar-refractivity contribution in [2.75, 3.05) is 19.7 Å². The molecule has 1 N–H and O–H groups in total. The van der Waals surface area contributed by atoms with E-state index in [4.69, 9.17) is 27.9 Å². The molecule has 0 atom stereocenters. The number of halogens is 2. The monoisotopic (exact) mass is 420 g/mol. The summed E-state index contributed by atoms with van der Waals surface area (Å²) in [4.78, 5) is 14.9. The van der Waals surface area contributed by atoms with Gasteiger partial charge in [0.2, 0.25) is 5.91 Å². The second kappa shape index (κ2) is 10.1. The molecular formula is C22H26Cl2N2O2. The first kappa shape index (κ1) is 21.0. The van der Waals surface area contributed by atoms with E-state index >= 15 is 0 Å². The van der Waals surface area contributed by atoms with E-state index in [-0.39, 0.29) is 11.8 Å². The van der Waals surface area contributed by atoms with E-state index in [2.05, 4.69) is 10.2 Å². The molecule has 1 aliphatic rings. The highest BCUT2D eigenvalue weighted by Gasteiger charge is 2.24. The van der Waals surface area contributed by atoms with Crippen molar-refractivity contribution in [3.05, 3.63) is 63.6 Å². The molecule has 150 valence electrons. The van der Waals surface area contributed by atoms with Gasteiger partial charge in [0.25, 0.3) is 0 Å². The van der Waals surface area contributed by atoms with Crippen LogP contribution >= 0.6 is 23.2 Å². The van der Waals surface area contributed by atoms with Crippen LogP contribution in [-0.2, 0) is 17.9 Å². The van der Waals surface area contributed by atoms with Crippen molar-refractivity contribution in [3.8, 4) is 5.75 Å². The van der Waals surface area contributed by atoms with Gasteiger partial charge in [0, 0.05) is 19.0 Å². The summed E-state index contributed by atoms with van der Waals surface area (Å²) in [7, 11) is 0. The molecule has 0 spiro atoms. The number of ether oxygens (including phenoxy) is 1. The van der Waals surface area contributed by atoms with Crippen LogP contribution < -0.4 is 10.1 Å². The Morgan fingerprint density at radius 3 is 2.39 bits per heavy atom. The predicted molar refractivity (Wildman–Crippen MR) is 114 cm³/mol. The van der Waals surface area contributed by atoms with Crippen LogP contribution in [-0.4, -0.2) is 30.5 Å². The van der Waals surface area contributed by atoms with Gasteiger partial charge in [-0.15, -0.1) is 0 Å². The molecule has 3 rings (SSSR count). The molecule has 0 saturated carbocycles. The normalized spacial score (nSPS) is 15.4. The first-order valence-corrected chi connectivity index (χ1v) is 10.5. The third-order valence-electron chi connectivity index (χ3n) is 5.05. The summed E-state index contributed by atoms with van der Waals surface area (Å²) in [6, 6.07) is 13.6. The van der Waals surface area contributed by atoms with E-state index in [0.29, 0.717) is 23.2 Å². The van der Waals surface area contributed by atoms with Gasteiger partial charge in [-0.05, 0) is 68.2 Å². The van der Waals surface area contributed by atoms with Crippen LogP contribution in [0, 0.1) is 5.92 Å². The van der Waals surface area contributed by atoms with Crippen LogP contribution in [0.25, 0.3) is 0 Å². The molecule has 0 unspecified atom stereocenters. The third kappa shape index (κ3) is 5.87. The summed E-state index contributed by atoms with van der Waals surface area (Å²) >= 11 is 12.1. The fourth-order valence-corrected chi connectivity index (χ4v) is 3.77. The van der Waals surface area contributed by atoms with Crippen LogP contribution in [0.15, 0.2) is 42.5 Å².